The maximum atomic E-state index is 13.8. The summed E-state index contributed by atoms with van der Waals surface area (Å²) in [6.07, 6.45) is -8.52. The van der Waals surface area contributed by atoms with Crippen LogP contribution < -0.4 is 4.90 Å². The number of rotatable bonds is 5. The van der Waals surface area contributed by atoms with Gasteiger partial charge in [-0.05, 0) is 53.2 Å². The van der Waals surface area contributed by atoms with Crippen LogP contribution in [0.2, 0.25) is 0 Å². The van der Waals surface area contributed by atoms with E-state index in [9.17, 15) is 31.1 Å². The van der Waals surface area contributed by atoms with E-state index in [2.05, 4.69) is 14.8 Å². The van der Waals surface area contributed by atoms with E-state index in [1.165, 1.54) is 13.2 Å². The Labute approximate surface area is 263 Å². The first-order chi connectivity index (χ1) is 19.8. The first-order valence-corrected chi connectivity index (χ1v) is 13.3. The van der Waals surface area contributed by atoms with Crippen molar-refractivity contribution in [3.63, 3.8) is 0 Å². The number of anilines is 1. The number of pyridine rings is 1. The van der Waals surface area contributed by atoms with Gasteiger partial charge in [0.15, 0.2) is 0 Å². The first-order valence-electron chi connectivity index (χ1n) is 13.3. The van der Waals surface area contributed by atoms with E-state index >= 15 is 0 Å². The molecule has 1 amide bonds. The Kier molecular flexibility index (Phi) is 10.8. The fourth-order valence-electron chi connectivity index (χ4n) is 5.17. The van der Waals surface area contributed by atoms with Crippen LogP contribution in [0.1, 0.15) is 27.0 Å². The standard InChI is InChI=1S/C31H28F6N4O.2ClH/c1-39-10-12-41(13-11-39)28-17-26(25-9-5-7-21-6-3-4-8-24(21)25)27(18-38-28)29(42)40(2)19-20-14-22(30(32,33)34)16-23(15-20)31(35,36)37;;/h3-9,14-18H,10-13,19H2,1-2H3;2*1H. The molecule has 0 radical (unpaired) electrons. The van der Waals surface area contributed by atoms with Crippen LogP contribution >= 0.6 is 24.8 Å². The lowest BCUT2D eigenvalue weighted by atomic mass is 9.95. The van der Waals surface area contributed by atoms with Gasteiger partial charge in [0, 0.05) is 51.5 Å². The average molecular weight is 660 g/mol. The number of halogens is 8. The summed E-state index contributed by atoms with van der Waals surface area (Å²) >= 11 is 0. The van der Waals surface area contributed by atoms with E-state index < -0.39 is 35.9 Å². The molecule has 3 aromatic carbocycles. The van der Waals surface area contributed by atoms with Gasteiger partial charge in [0.05, 0.1) is 16.7 Å². The highest BCUT2D eigenvalue weighted by Crippen LogP contribution is 2.37. The van der Waals surface area contributed by atoms with Crippen molar-refractivity contribution in [2.45, 2.75) is 18.9 Å². The molecule has 1 aromatic heterocycles. The molecule has 2 heterocycles. The highest BCUT2D eigenvalue weighted by atomic mass is 35.5. The zero-order valence-electron chi connectivity index (χ0n) is 23.7. The molecule has 4 aromatic rings. The van der Waals surface area contributed by atoms with Gasteiger partial charge in [0.25, 0.3) is 5.91 Å². The van der Waals surface area contributed by atoms with Gasteiger partial charge in [0.1, 0.15) is 5.82 Å². The molecule has 0 saturated carbocycles. The fourth-order valence-corrected chi connectivity index (χ4v) is 5.17. The Bertz CT molecular complexity index is 1580. The second kappa shape index (κ2) is 13.6. The lowest BCUT2D eigenvalue weighted by Gasteiger charge is -2.33. The Morgan fingerprint density at radius 2 is 1.41 bits per heavy atom. The molecule has 0 atom stereocenters. The summed E-state index contributed by atoms with van der Waals surface area (Å²) in [5, 5.41) is 1.84. The third kappa shape index (κ3) is 7.57. The number of hydrogen-bond donors (Lipinski definition) is 0. The maximum Gasteiger partial charge on any atom is 0.416 e. The number of fused-ring (bicyclic) bond motifs is 1. The summed E-state index contributed by atoms with van der Waals surface area (Å²) in [4.78, 5) is 23.8. The number of carbonyl (C=O) groups excluding carboxylic acids is 1. The predicted molar refractivity (Wildman–Crippen MR) is 164 cm³/mol. The molecule has 5 nitrogen and oxygen atoms in total. The minimum atomic E-state index is -4.98. The van der Waals surface area contributed by atoms with Gasteiger partial charge in [-0.25, -0.2) is 4.98 Å². The van der Waals surface area contributed by atoms with E-state index in [-0.39, 0.29) is 42.0 Å². The van der Waals surface area contributed by atoms with Crippen LogP contribution in [0.4, 0.5) is 32.2 Å². The zero-order chi connectivity index (χ0) is 30.2. The number of hydrogen-bond acceptors (Lipinski definition) is 4. The number of amides is 1. The smallest absolute Gasteiger partial charge is 0.354 e. The van der Waals surface area contributed by atoms with Crippen molar-refractivity contribution in [3.05, 3.63) is 95.2 Å². The van der Waals surface area contributed by atoms with Gasteiger partial charge in [-0.15, -0.1) is 24.8 Å². The normalized spacial score (nSPS) is 14.1. The van der Waals surface area contributed by atoms with E-state index in [1.54, 1.807) is 0 Å². The van der Waals surface area contributed by atoms with Crippen molar-refractivity contribution in [1.82, 2.24) is 14.8 Å². The van der Waals surface area contributed by atoms with Crippen LogP contribution in [0.5, 0.6) is 0 Å². The lowest BCUT2D eigenvalue weighted by molar-refractivity contribution is -0.143. The molecular formula is C31H30Cl2F6N4O. The van der Waals surface area contributed by atoms with Gasteiger partial charge in [-0.3, -0.25) is 4.79 Å². The summed E-state index contributed by atoms with van der Waals surface area (Å²) in [5.74, 6) is 0.0965. The van der Waals surface area contributed by atoms with Crippen LogP contribution in [-0.4, -0.2) is 61.0 Å². The Balaban J connectivity index is 0.00000264. The molecule has 0 bridgehead atoms. The molecule has 0 N–H and O–H groups in total. The number of benzene rings is 3. The zero-order valence-corrected chi connectivity index (χ0v) is 25.4. The SMILES string of the molecule is CN1CCN(c2cc(-c3cccc4ccccc34)c(C(=O)N(C)Cc3cc(C(F)(F)F)cc(C(F)(F)F)c3)cn2)CC1.Cl.Cl. The molecule has 1 saturated heterocycles. The van der Waals surface area contributed by atoms with Gasteiger partial charge in [-0.2, -0.15) is 26.3 Å². The largest absolute Gasteiger partial charge is 0.416 e. The molecule has 236 valence electrons. The van der Waals surface area contributed by atoms with Crippen LogP contribution in [-0.2, 0) is 18.9 Å². The van der Waals surface area contributed by atoms with Gasteiger partial charge in [0.2, 0.25) is 0 Å². The predicted octanol–water partition coefficient (Wildman–Crippen LogP) is 7.81. The molecular weight excluding hydrogens is 629 g/mol. The second-order valence-corrected chi connectivity index (χ2v) is 10.5. The third-order valence-electron chi connectivity index (χ3n) is 7.44. The average Bonchev–Trinajstić information content (AvgIpc) is 2.95. The molecule has 1 fully saturated rings. The number of piperazine rings is 1. The monoisotopic (exact) mass is 658 g/mol. The summed E-state index contributed by atoms with van der Waals surface area (Å²) in [6.45, 7) is 2.68. The molecule has 0 spiro atoms. The number of carbonyl (C=O) groups is 1. The minimum Gasteiger partial charge on any atom is -0.354 e. The molecule has 13 heteroatoms. The van der Waals surface area contributed by atoms with Crippen molar-refractivity contribution in [3.8, 4) is 11.1 Å². The molecule has 44 heavy (non-hydrogen) atoms. The van der Waals surface area contributed by atoms with Gasteiger partial charge < -0.3 is 14.7 Å². The highest BCUT2D eigenvalue weighted by molar-refractivity contribution is 6.06. The second-order valence-electron chi connectivity index (χ2n) is 10.5. The van der Waals surface area contributed by atoms with Crippen molar-refractivity contribution in [2.75, 3.05) is 45.2 Å². The van der Waals surface area contributed by atoms with Crippen LogP contribution in [0.15, 0.2) is 72.9 Å². The minimum absolute atomic E-state index is 0. The van der Waals surface area contributed by atoms with E-state index in [0.717, 1.165) is 47.4 Å². The summed E-state index contributed by atoms with van der Waals surface area (Å²) < 4.78 is 80.5. The molecule has 5 rings (SSSR count). The Hall–Kier alpha value is -3.54. The summed E-state index contributed by atoms with van der Waals surface area (Å²) in [6, 6.07) is 16.5. The van der Waals surface area contributed by atoms with Crippen LogP contribution in [0.25, 0.3) is 21.9 Å². The van der Waals surface area contributed by atoms with E-state index in [4.69, 9.17) is 0 Å². The third-order valence-corrected chi connectivity index (χ3v) is 7.44. The highest BCUT2D eigenvalue weighted by Gasteiger charge is 2.37. The Morgan fingerprint density at radius 1 is 0.818 bits per heavy atom. The van der Waals surface area contributed by atoms with Crippen LogP contribution in [0.3, 0.4) is 0 Å². The number of nitrogens with zero attached hydrogens (tertiary/aromatic N) is 4. The van der Waals surface area contributed by atoms with Crippen molar-refractivity contribution in [2.24, 2.45) is 0 Å². The topological polar surface area (TPSA) is 39.7 Å². The maximum absolute atomic E-state index is 13.8. The van der Waals surface area contributed by atoms with Crippen molar-refractivity contribution >= 4 is 47.3 Å². The van der Waals surface area contributed by atoms with E-state index in [1.807, 2.05) is 55.6 Å². The van der Waals surface area contributed by atoms with Crippen LogP contribution in [0, 0.1) is 0 Å². The number of aromatic nitrogens is 1. The molecule has 1 aliphatic heterocycles. The molecule has 0 unspecified atom stereocenters. The van der Waals surface area contributed by atoms with Crippen molar-refractivity contribution in [1.29, 1.82) is 0 Å². The Morgan fingerprint density at radius 3 is 2.02 bits per heavy atom. The fraction of sp³-hybridized carbons (Fsp3) is 0.290. The number of likely N-dealkylation sites (N-methyl/N-ethyl adjacent to an activating group) is 1. The number of alkyl halides is 6. The summed E-state index contributed by atoms with van der Waals surface area (Å²) in [5.41, 5.74) is -1.62. The molecule has 1 aliphatic rings. The first kappa shape index (κ1) is 34.9. The van der Waals surface area contributed by atoms with Crippen molar-refractivity contribution < 1.29 is 31.1 Å². The van der Waals surface area contributed by atoms with Gasteiger partial charge >= 0.3 is 12.4 Å². The quantitative estimate of drug-likeness (QED) is 0.205. The summed E-state index contributed by atoms with van der Waals surface area (Å²) in [7, 11) is 3.38. The van der Waals surface area contributed by atoms with E-state index in [0.29, 0.717) is 23.5 Å². The van der Waals surface area contributed by atoms with Gasteiger partial charge in [-0.1, -0.05) is 42.5 Å². The molecule has 0 aliphatic carbocycles. The lowest BCUT2D eigenvalue weighted by Crippen LogP contribution is -2.44.